The van der Waals surface area contributed by atoms with Gasteiger partial charge >= 0.3 is 12.1 Å². The molecule has 0 spiro atoms. The maximum absolute atomic E-state index is 13.1. The van der Waals surface area contributed by atoms with Crippen LogP contribution in [0.4, 0.5) is 18.3 Å². The Morgan fingerprint density at radius 3 is 2.65 bits per heavy atom. The molecule has 1 aromatic heterocycles. The van der Waals surface area contributed by atoms with Gasteiger partial charge in [-0.3, -0.25) is 4.79 Å². The molecule has 1 saturated carbocycles. The van der Waals surface area contributed by atoms with Gasteiger partial charge in [-0.25, -0.2) is 4.98 Å². The minimum atomic E-state index is -4.77. The van der Waals surface area contributed by atoms with Crippen molar-refractivity contribution in [3.05, 3.63) is 5.82 Å². The number of halogens is 3. The van der Waals surface area contributed by atoms with E-state index in [-0.39, 0.29) is 6.54 Å². The van der Waals surface area contributed by atoms with Crippen molar-refractivity contribution in [1.82, 2.24) is 9.36 Å². The predicted molar refractivity (Wildman–Crippen MR) is 64.8 cm³/mol. The Bertz CT molecular complexity index is 543. The Labute approximate surface area is 116 Å². The van der Waals surface area contributed by atoms with E-state index < -0.39 is 30.5 Å². The first-order valence-corrected chi connectivity index (χ1v) is 6.99. The Morgan fingerprint density at radius 2 is 2.15 bits per heavy atom. The van der Waals surface area contributed by atoms with Crippen LogP contribution in [-0.2, 0) is 4.79 Å². The first-order valence-electron chi connectivity index (χ1n) is 6.22. The zero-order chi connectivity index (χ0) is 14.5. The monoisotopic (exact) mass is 307 g/mol. The van der Waals surface area contributed by atoms with E-state index in [0.717, 1.165) is 24.4 Å². The molecule has 2 heterocycles. The number of aromatic nitrogens is 2. The summed E-state index contributed by atoms with van der Waals surface area (Å²) in [6, 6.07) is 0. The lowest BCUT2D eigenvalue weighted by molar-refractivity contribution is -0.225. The highest BCUT2D eigenvalue weighted by Crippen LogP contribution is 2.47. The Morgan fingerprint density at radius 1 is 1.45 bits per heavy atom. The van der Waals surface area contributed by atoms with Crippen molar-refractivity contribution in [2.75, 3.05) is 18.0 Å². The van der Waals surface area contributed by atoms with Crippen LogP contribution in [0, 0.1) is 5.41 Å². The van der Waals surface area contributed by atoms with Crippen molar-refractivity contribution >= 4 is 22.6 Å². The van der Waals surface area contributed by atoms with Gasteiger partial charge in [-0.1, -0.05) is 0 Å². The van der Waals surface area contributed by atoms with E-state index in [1.165, 1.54) is 4.90 Å². The summed E-state index contributed by atoms with van der Waals surface area (Å²) in [5.74, 6) is -0.821. The second-order valence-electron chi connectivity index (χ2n) is 5.27. The van der Waals surface area contributed by atoms with Gasteiger partial charge in [-0.15, -0.1) is 0 Å². The van der Waals surface area contributed by atoms with Crippen molar-refractivity contribution in [3.8, 4) is 0 Å². The molecule has 2 fully saturated rings. The van der Waals surface area contributed by atoms with Crippen LogP contribution in [0.25, 0.3) is 0 Å². The number of aliphatic carboxylic acids is 1. The summed E-state index contributed by atoms with van der Waals surface area (Å²) in [5, 5.41) is 9.38. The number of carbonyl (C=O) groups is 1. The number of hydrogen-bond donors (Lipinski definition) is 1. The SMILES string of the molecule is O=C(O)C1(C(F)(F)F)CCN(c2nc(C3CC3)ns2)C1. The number of anilines is 1. The van der Waals surface area contributed by atoms with E-state index in [0.29, 0.717) is 16.9 Å². The number of nitrogens with zero attached hydrogens (tertiary/aromatic N) is 3. The molecular formula is C11H12F3N3O2S. The molecule has 1 atom stereocenters. The maximum atomic E-state index is 13.1. The van der Waals surface area contributed by atoms with Gasteiger partial charge in [-0.05, 0) is 19.3 Å². The summed E-state index contributed by atoms with van der Waals surface area (Å²) in [6.45, 7) is -0.559. The molecule has 1 aromatic rings. The van der Waals surface area contributed by atoms with Crippen LogP contribution in [0.15, 0.2) is 0 Å². The highest BCUT2D eigenvalue weighted by atomic mass is 32.1. The standard InChI is InChI=1S/C11H12F3N3O2S/c12-11(13,14)10(8(18)19)3-4-17(5-10)9-15-7(16-20-9)6-1-2-6/h6H,1-5H2,(H,18,19). The van der Waals surface area contributed by atoms with Gasteiger partial charge in [0.2, 0.25) is 5.13 Å². The van der Waals surface area contributed by atoms with Crippen LogP contribution < -0.4 is 4.90 Å². The predicted octanol–water partition coefficient (Wildman–Crippen LogP) is 2.26. The van der Waals surface area contributed by atoms with Gasteiger partial charge < -0.3 is 10.0 Å². The second-order valence-corrected chi connectivity index (χ2v) is 6.00. The topological polar surface area (TPSA) is 66.3 Å². The third-order valence-corrected chi connectivity index (χ3v) is 4.66. The third-order valence-electron chi connectivity index (χ3n) is 3.87. The lowest BCUT2D eigenvalue weighted by Gasteiger charge is -2.26. The van der Waals surface area contributed by atoms with E-state index in [9.17, 15) is 18.0 Å². The Hall–Kier alpha value is -1.38. The molecule has 1 aliphatic heterocycles. The maximum Gasteiger partial charge on any atom is 0.406 e. The summed E-state index contributed by atoms with van der Waals surface area (Å²) >= 11 is 1.04. The van der Waals surface area contributed by atoms with Crippen molar-refractivity contribution in [1.29, 1.82) is 0 Å². The molecule has 20 heavy (non-hydrogen) atoms. The van der Waals surface area contributed by atoms with Gasteiger partial charge in [0.25, 0.3) is 0 Å². The van der Waals surface area contributed by atoms with Crippen LogP contribution in [0.2, 0.25) is 0 Å². The van der Waals surface area contributed by atoms with E-state index >= 15 is 0 Å². The number of carboxylic acids is 1. The fourth-order valence-corrected chi connectivity index (χ4v) is 3.13. The first-order chi connectivity index (χ1) is 9.33. The number of alkyl halides is 3. The molecule has 110 valence electrons. The van der Waals surface area contributed by atoms with Crippen LogP contribution >= 0.6 is 11.5 Å². The van der Waals surface area contributed by atoms with E-state index in [1.807, 2.05) is 0 Å². The van der Waals surface area contributed by atoms with Crippen LogP contribution in [0.3, 0.4) is 0 Å². The molecule has 2 aliphatic rings. The van der Waals surface area contributed by atoms with Crippen molar-refractivity contribution in [3.63, 3.8) is 0 Å². The van der Waals surface area contributed by atoms with Crippen LogP contribution in [-0.4, -0.2) is 39.7 Å². The quantitative estimate of drug-likeness (QED) is 0.928. The van der Waals surface area contributed by atoms with Crippen LogP contribution in [0.5, 0.6) is 0 Å². The molecule has 1 N–H and O–H groups in total. The molecule has 0 amide bonds. The normalized spacial score (nSPS) is 27.1. The highest BCUT2D eigenvalue weighted by Gasteiger charge is 2.64. The summed E-state index contributed by atoms with van der Waals surface area (Å²) in [4.78, 5) is 16.7. The fraction of sp³-hybridized carbons (Fsp3) is 0.727. The molecule has 0 bridgehead atoms. The number of rotatable bonds is 3. The summed E-state index contributed by atoms with van der Waals surface area (Å²) in [5.41, 5.74) is -2.70. The molecular weight excluding hydrogens is 295 g/mol. The average Bonchev–Trinajstić information content (AvgIpc) is 2.92. The van der Waals surface area contributed by atoms with Crippen LogP contribution in [0.1, 0.15) is 31.0 Å². The zero-order valence-electron chi connectivity index (χ0n) is 10.4. The Balaban J connectivity index is 1.82. The molecule has 0 aromatic carbocycles. The van der Waals surface area contributed by atoms with Crippen molar-refractivity contribution in [2.24, 2.45) is 5.41 Å². The minimum absolute atomic E-state index is 0.0328. The first kappa shape index (κ1) is 13.6. The summed E-state index contributed by atoms with van der Waals surface area (Å²) in [7, 11) is 0. The lowest BCUT2D eigenvalue weighted by atomic mass is 9.86. The molecule has 1 saturated heterocycles. The molecule has 1 aliphatic carbocycles. The van der Waals surface area contributed by atoms with E-state index in [2.05, 4.69) is 9.36 Å². The fourth-order valence-electron chi connectivity index (χ4n) is 2.36. The van der Waals surface area contributed by atoms with Crippen molar-refractivity contribution in [2.45, 2.75) is 31.4 Å². The van der Waals surface area contributed by atoms with Gasteiger partial charge in [0.15, 0.2) is 5.41 Å². The number of carboxylic acid groups (broad SMARTS) is 1. The molecule has 1 unspecified atom stereocenters. The average molecular weight is 307 g/mol. The highest BCUT2D eigenvalue weighted by molar-refractivity contribution is 7.09. The number of hydrogen-bond acceptors (Lipinski definition) is 5. The molecule has 5 nitrogen and oxygen atoms in total. The Kier molecular flexibility index (Phi) is 2.93. The smallest absolute Gasteiger partial charge is 0.406 e. The molecule has 9 heteroatoms. The van der Waals surface area contributed by atoms with Gasteiger partial charge in [0.05, 0.1) is 0 Å². The van der Waals surface area contributed by atoms with Gasteiger partial charge in [0.1, 0.15) is 5.82 Å². The van der Waals surface area contributed by atoms with Gasteiger partial charge in [-0.2, -0.15) is 17.5 Å². The van der Waals surface area contributed by atoms with E-state index in [4.69, 9.17) is 5.11 Å². The second kappa shape index (κ2) is 4.31. The van der Waals surface area contributed by atoms with Gasteiger partial charge in [0, 0.05) is 30.5 Å². The van der Waals surface area contributed by atoms with E-state index in [1.54, 1.807) is 0 Å². The van der Waals surface area contributed by atoms with Crippen molar-refractivity contribution < 1.29 is 23.1 Å². The largest absolute Gasteiger partial charge is 0.481 e. The third kappa shape index (κ3) is 2.04. The minimum Gasteiger partial charge on any atom is -0.481 e. The lowest BCUT2D eigenvalue weighted by Crippen LogP contribution is -2.47. The summed E-state index contributed by atoms with van der Waals surface area (Å²) < 4.78 is 43.3. The zero-order valence-corrected chi connectivity index (χ0v) is 11.2. The summed E-state index contributed by atoms with van der Waals surface area (Å²) in [6.07, 6.45) is -3.20. The molecule has 3 rings (SSSR count). The molecule has 0 radical (unpaired) electrons.